The molecule has 0 bridgehead atoms. The van der Waals surface area contributed by atoms with Crippen LogP contribution < -0.4 is 10.6 Å². The van der Waals surface area contributed by atoms with Crippen molar-refractivity contribution in [3.05, 3.63) is 39.8 Å². The molecule has 1 aliphatic rings. The van der Waals surface area contributed by atoms with Crippen LogP contribution in [0.4, 0.5) is 5.69 Å². The summed E-state index contributed by atoms with van der Waals surface area (Å²) in [5.74, 6) is -0.446. The first-order valence-corrected chi connectivity index (χ1v) is 9.11. The second-order valence-corrected chi connectivity index (χ2v) is 6.79. The van der Waals surface area contributed by atoms with E-state index < -0.39 is 0 Å². The van der Waals surface area contributed by atoms with Gasteiger partial charge in [0.25, 0.3) is 11.8 Å². The van der Waals surface area contributed by atoms with Crippen LogP contribution in [0, 0.1) is 0 Å². The lowest BCUT2D eigenvalue weighted by Gasteiger charge is -2.11. The molecule has 0 saturated carbocycles. The maximum absolute atomic E-state index is 12.1. The van der Waals surface area contributed by atoms with Gasteiger partial charge < -0.3 is 15.4 Å². The van der Waals surface area contributed by atoms with Gasteiger partial charge in [-0.2, -0.15) is 0 Å². The predicted molar refractivity (Wildman–Crippen MR) is 95.0 cm³/mol. The molecular weight excluding hydrogens is 340 g/mol. The molecule has 1 aromatic heterocycles. The maximum atomic E-state index is 12.1. The Labute approximate surface area is 149 Å². The molecule has 25 heavy (non-hydrogen) atoms. The lowest BCUT2D eigenvalue weighted by atomic mass is 10.2. The SMILES string of the molecule is CCc1nnc(C(=O)Nc2ccc(C(=O)NCC3CCCO3)cc2)s1. The van der Waals surface area contributed by atoms with Crippen LogP contribution in [-0.2, 0) is 11.2 Å². The smallest absolute Gasteiger partial charge is 0.286 e. The molecule has 2 amide bonds. The molecule has 2 aromatic rings. The van der Waals surface area contributed by atoms with E-state index >= 15 is 0 Å². The number of ether oxygens (including phenoxy) is 1. The van der Waals surface area contributed by atoms with E-state index in [1.54, 1.807) is 24.3 Å². The minimum absolute atomic E-state index is 0.113. The summed E-state index contributed by atoms with van der Waals surface area (Å²) in [5, 5.41) is 14.6. The molecule has 1 aliphatic heterocycles. The van der Waals surface area contributed by atoms with Crippen LogP contribution in [0.5, 0.6) is 0 Å². The number of rotatable bonds is 6. The van der Waals surface area contributed by atoms with Crippen molar-refractivity contribution in [3.63, 3.8) is 0 Å². The monoisotopic (exact) mass is 360 g/mol. The molecule has 0 radical (unpaired) electrons. The van der Waals surface area contributed by atoms with Gasteiger partial charge in [0.1, 0.15) is 5.01 Å². The molecule has 0 aliphatic carbocycles. The summed E-state index contributed by atoms with van der Waals surface area (Å²) >= 11 is 1.28. The standard InChI is InChI=1S/C17H20N4O3S/c1-2-14-20-21-17(25-14)16(23)19-12-7-5-11(6-8-12)15(22)18-10-13-4-3-9-24-13/h5-8,13H,2-4,9-10H2,1H3,(H,18,22)(H,19,23). The van der Waals surface area contributed by atoms with E-state index in [0.717, 1.165) is 30.9 Å². The van der Waals surface area contributed by atoms with Crippen LogP contribution >= 0.6 is 11.3 Å². The second-order valence-electron chi connectivity index (χ2n) is 5.73. The molecule has 1 unspecified atom stereocenters. The van der Waals surface area contributed by atoms with Crippen LogP contribution in [0.2, 0.25) is 0 Å². The fourth-order valence-electron chi connectivity index (χ4n) is 2.49. The zero-order chi connectivity index (χ0) is 17.6. The predicted octanol–water partition coefficient (Wildman–Crippen LogP) is 2.26. The van der Waals surface area contributed by atoms with E-state index in [2.05, 4.69) is 20.8 Å². The number of anilines is 1. The van der Waals surface area contributed by atoms with Gasteiger partial charge in [-0.15, -0.1) is 10.2 Å². The number of carbonyl (C=O) groups is 2. The Balaban J connectivity index is 1.54. The Bertz CT molecular complexity index is 739. The molecule has 0 spiro atoms. The second kappa shape index (κ2) is 8.17. The highest BCUT2D eigenvalue weighted by atomic mass is 32.1. The molecule has 2 heterocycles. The minimum atomic E-state index is -0.298. The zero-order valence-corrected chi connectivity index (χ0v) is 14.8. The first kappa shape index (κ1) is 17.5. The number of hydrogen-bond donors (Lipinski definition) is 2. The van der Waals surface area contributed by atoms with E-state index in [-0.39, 0.29) is 17.9 Å². The quantitative estimate of drug-likeness (QED) is 0.824. The van der Waals surface area contributed by atoms with Crippen LogP contribution in [0.15, 0.2) is 24.3 Å². The topological polar surface area (TPSA) is 93.2 Å². The van der Waals surface area contributed by atoms with Gasteiger partial charge in [0.05, 0.1) is 6.10 Å². The van der Waals surface area contributed by atoms with Crippen LogP contribution in [0.3, 0.4) is 0 Å². The molecule has 8 heteroatoms. The Morgan fingerprint density at radius 1 is 1.24 bits per heavy atom. The average molecular weight is 360 g/mol. The van der Waals surface area contributed by atoms with Crippen LogP contribution in [-0.4, -0.2) is 41.3 Å². The van der Waals surface area contributed by atoms with E-state index in [0.29, 0.717) is 22.8 Å². The third-order valence-electron chi connectivity index (χ3n) is 3.88. The van der Waals surface area contributed by atoms with Gasteiger partial charge >= 0.3 is 0 Å². The fourth-order valence-corrected chi connectivity index (χ4v) is 3.17. The van der Waals surface area contributed by atoms with Gasteiger partial charge in [0, 0.05) is 24.4 Å². The van der Waals surface area contributed by atoms with E-state index in [1.165, 1.54) is 11.3 Å². The van der Waals surface area contributed by atoms with Gasteiger partial charge in [0.2, 0.25) is 5.01 Å². The van der Waals surface area contributed by atoms with Crippen LogP contribution in [0.1, 0.15) is 44.9 Å². The summed E-state index contributed by atoms with van der Waals surface area (Å²) in [6, 6.07) is 6.75. The zero-order valence-electron chi connectivity index (χ0n) is 13.9. The molecule has 1 saturated heterocycles. The molecule has 132 valence electrons. The normalized spacial score (nSPS) is 16.6. The summed E-state index contributed by atoms with van der Waals surface area (Å²) in [7, 11) is 0. The van der Waals surface area contributed by atoms with Crippen molar-refractivity contribution < 1.29 is 14.3 Å². The van der Waals surface area contributed by atoms with Gasteiger partial charge in [-0.25, -0.2) is 0 Å². The number of aromatic nitrogens is 2. The Morgan fingerprint density at radius 2 is 2.04 bits per heavy atom. The first-order valence-electron chi connectivity index (χ1n) is 8.29. The molecule has 2 N–H and O–H groups in total. The summed E-state index contributed by atoms with van der Waals surface area (Å²) in [4.78, 5) is 24.2. The highest BCUT2D eigenvalue weighted by Crippen LogP contribution is 2.15. The maximum Gasteiger partial charge on any atom is 0.286 e. The first-order chi connectivity index (χ1) is 12.2. The third kappa shape index (κ3) is 4.61. The van der Waals surface area contributed by atoms with Crippen molar-refractivity contribution in [3.8, 4) is 0 Å². The van der Waals surface area contributed by atoms with Gasteiger partial charge in [-0.05, 0) is 43.5 Å². The van der Waals surface area contributed by atoms with Gasteiger partial charge in [-0.1, -0.05) is 18.3 Å². The van der Waals surface area contributed by atoms with E-state index in [1.807, 2.05) is 6.92 Å². The van der Waals surface area contributed by atoms with E-state index in [4.69, 9.17) is 4.74 Å². The third-order valence-corrected chi connectivity index (χ3v) is 4.95. The Morgan fingerprint density at radius 3 is 2.68 bits per heavy atom. The lowest BCUT2D eigenvalue weighted by Crippen LogP contribution is -2.31. The number of hydrogen-bond acceptors (Lipinski definition) is 6. The largest absolute Gasteiger partial charge is 0.376 e. The number of amides is 2. The van der Waals surface area contributed by atoms with Crippen molar-refractivity contribution in [2.45, 2.75) is 32.3 Å². The minimum Gasteiger partial charge on any atom is -0.376 e. The average Bonchev–Trinajstić information content (AvgIpc) is 3.32. The van der Waals surface area contributed by atoms with Crippen molar-refractivity contribution in [2.24, 2.45) is 0 Å². The molecule has 3 rings (SSSR count). The molecule has 1 atom stereocenters. The van der Waals surface area contributed by atoms with Gasteiger partial charge in [-0.3, -0.25) is 9.59 Å². The Hall–Kier alpha value is -2.32. The lowest BCUT2D eigenvalue weighted by molar-refractivity contribution is 0.0857. The molecule has 1 aromatic carbocycles. The van der Waals surface area contributed by atoms with E-state index in [9.17, 15) is 9.59 Å². The molecule has 1 fully saturated rings. The van der Waals surface area contributed by atoms with Crippen molar-refractivity contribution >= 4 is 28.8 Å². The van der Waals surface area contributed by atoms with Crippen molar-refractivity contribution in [1.29, 1.82) is 0 Å². The van der Waals surface area contributed by atoms with Crippen molar-refractivity contribution in [1.82, 2.24) is 15.5 Å². The number of aryl methyl sites for hydroxylation is 1. The Kier molecular flexibility index (Phi) is 5.72. The number of nitrogens with zero attached hydrogens (tertiary/aromatic N) is 2. The number of carbonyl (C=O) groups excluding carboxylic acids is 2. The molecular formula is C17H20N4O3S. The molecule has 7 nitrogen and oxygen atoms in total. The highest BCUT2D eigenvalue weighted by molar-refractivity contribution is 7.13. The fraction of sp³-hybridized carbons (Fsp3) is 0.412. The number of nitrogens with one attached hydrogen (secondary N) is 2. The van der Waals surface area contributed by atoms with Gasteiger partial charge in [0.15, 0.2) is 0 Å². The van der Waals surface area contributed by atoms with Crippen LogP contribution in [0.25, 0.3) is 0 Å². The highest BCUT2D eigenvalue weighted by Gasteiger charge is 2.17. The number of benzene rings is 1. The summed E-state index contributed by atoms with van der Waals surface area (Å²) < 4.78 is 5.48. The summed E-state index contributed by atoms with van der Waals surface area (Å²) in [5.41, 5.74) is 1.15. The van der Waals surface area contributed by atoms with Crippen molar-refractivity contribution in [2.75, 3.05) is 18.5 Å². The summed E-state index contributed by atoms with van der Waals surface area (Å²) in [6.07, 6.45) is 2.89. The summed E-state index contributed by atoms with van der Waals surface area (Å²) in [6.45, 7) is 3.25.